The molecular weight excluding hydrogens is 474 g/mol. The molecule has 1 saturated heterocycles. The van der Waals surface area contributed by atoms with Crippen molar-refractivity contribution >= 4 is 34.4 Å². The molecule has 0 radical (unpaired) electrons. The zero-order valence-corrected chi connectivity index (χ0v) is 20.6. The Balaban J connectivity index is 1.51. The topological polar surface area (TPSA) is 76.6 Å². The number of aromatic hydroxyl groups is 1. The van der Waals surface area contributed by atoms with Gasteiger partial charge in [0, 0.05) is 34.6 Å². The number of imide groups is 1. The van der Waals surface area contributed by atoms with Crippen molar-refractivity contribution in [2.45, 2.75) is 38.3 Å². The molecule has 2 aliphatic heterocycles. The number of unbranched alkanes of at least 4 members (excludes halogenated alkanes) is 1. The second kappa shape index (κ2) is 8.71. The molecule has 6 rings (SSSR count). The van der Waals surface area contributed by atoms with Crippen LogP contribution in [0, 0.1) is 0 Å². The number of hydrogen-bond donors (Lipinski definition) is 2. The number of aromatic amines is 1. The minimum absolute atomic E-state index is 0.123. The molecule has 36 heavy (non-hydrogen) atoms. The molecular formula is C29H26ClN3O3. The van der Waals surface area contributed by atoms with Crippen molar-refractivity contribution in [3.05, 3.63) is 88.6 Å². The maximum atomic E-state index is 13.6. The summed E-state index contributed by atoms with van der Waals surface area (Å²) < 4.78 is 0. The van der Waals surface area contributed by atoms with Gasteiger partial charge in [0.05, 0.1) is 0 Å². The molecule has 2 N–H and O–H groups in total. The smallest absolute Gasteiger partial charge is 0.328 e. The predicted octanol–water partition coefficient (Wildman–Crippen LogP) is 6.27. The van der Waals surface area contributed by atoms with Crippen LogP contribution in [0.3, 0.4) is 0 Å². The van der Waals surface area contributed by atoms with Crippen LogP contribution < -0.4 is 0 Å². The summed E-state index contributed by atoms with van der Waals surface area (Å²) in [5.41, 5.74) is 5.75. The van der Waals surface area contributed by atoms with Crippen LogP contribution in [0.4, 0.5) is 4.79 Å². The van der Waals surface area contributed by atoms with E-state index < -0.39 is 12.1 Å². The fraction of sp³-hybridized carbons (Fsp3) is 0.241. The van der Waals surface area contributed by atoms with Crippen LogP contribution in [0.1, 0.15) is 42.6 Å². The summed E-state index contributed by atoms with van der Waals surface area (Å²) in [6, 6.07) is 19.6. The van der Waals surface area contributed by atoms with E-state index in [-0.39, 0.29) is 17.7 Å². The van der Waals surface area contributed by atoms with E-state index in [9.17, 15) is 14.7 Å². The van der Waals surface area contributed by atoms with Crippen molar-refractivity contribution in [2.75, 3.05) is 6.54 Å². The second-order valence-corrected chi connectivity index (χ2v) is 9.97. The number of phenolic OH excluding ortho intramolecular Hbond substituents is 1. The van der Waals surface area contributed by atoms with Crippen LogP contribution in [0.25, 0.3) is 22.0 Å². The molecule has 3 heterocycles. The van der Waals surface area contributed by atoms with Crippen LogP contribution in [0.15, 0.2) is 66.7 Å². The van der Waals surface area contributed by atoms with Gasteiger partial charge in [-0.25, -0.2) is 4.79 Å². The van der Waals surface area contributed by atoms with Gasteiger partial charge < -0.3 is 10.1 Å². The lowest BCUT2D eigenvalue weighted by atomic mass is 9.88. The minimum Gasteiger partial charge on any atom is -0.508 e. The molecule has 7 heteroatoms. The molecule has 3 amide bonds. The Morgan fingerprint density at radius 1 is 1.03 bits per heavy atom. The zero-order chi connectivity index (χ0) is 25.0. The quantitative estimate of drug-likeness (QED) is 0.317. The third kappa shape index (κ3) is 3.56. The van der Waals surface area contributed by atoms with Crippen LogP contribution in [-0.4, -0.2) is 44.4 Å². The molecule has 0 saturated carbocycles. The summed E-state index contributed by atoms with van der Waals surface area (Å²) >= 11 is 6.09. The van der Waals surface area contributed by atoms with Gasteiger partial charge >= 0.3 is 6.03 Å². The average molecular weight is 500 g/mol. The SMILES string of the molecule is CCCCN1C(=O)C2Cc3c([nH]c4ccc(-c5ccc(Cl)cc5)cc34)C(c3cccc(O)c3)N2C1=O. The van der Waals surface area contributed by atoms with Gasteiger partial charge in [-0.1, -0.05) is 55.3 Å². The number of H-pyrrole nitrogens is 1. The summed E-state index contributed by atoms with van der Waals surface area (Å²) in [6.45, 7) is 2.46. The van der Waals surface area contributed by atoms with E-state index in [4.69, 9.17) is 11.6 Å². The largest absolute Gasteiger partial charge is 0.508 e. The summed E-state index contributed by atoms with van der Waals surface area (Å²) in [7, 11) is 0. The van der Waals surface area contributed by atoms with Crippen molar-refractivity contribution in [1.29, 1.82) is 0 Å². The van der Waals surface area contributed by atoms with Gasteiger partial charge in [-0.15, -0.1) is 0 Å². The standard InChI is InChI=1S/C29H26ClN3O3/c1-2-3-13-32-28(35)25-16-23-22-15-18(17-7-10-20(30)11-8-17)9-12-24(22)31-26(23)27(33(25)29(32)36)19-5-4-6-21(34)14-19/h4-12,14-15,25,27,31,34H,2-3,13,16H2,1H3. The van der Waals surface area contributed by atoms with E-state index in [2.05, 4.69) is 17.1 Å². The van der Waals surface area contributed by atoms with Crippen LogP contribution in [0.5, 0.6) is 5.75 Å². The molecule has 0 spiro atoms. The highest BCUT2D eigenvalue weighted by Crippen LogP contribution is 2.45. The summed E-state index contributed by atoms with van der Waals surface area (Å²) in [4.78, 5) is 33.7. The Labute approximate surface area is 214 Å². The number of aromatic nitrogens is 1. The van der Waals surface area contributed by atoms with E-state index in [1.54, 1.807) is 23.1 Å². The number of urea groups is 1. The highest BCUT2D eigenvalue weighted by atomic mass is 35.5. The number of fused-ring (bicyclic) bond motifs is 4. The van der Waals surface area contributed by atoms with Gasteiger partial charge in [-0.05, 0) is 65.1 Å². The molecule has 1 fully saturated rings. The van der Waals surface area contributed by atoms with E-state index >= 15 is 0 Å². The minimum atomic E-state index is -0.576. The number of amides is 3. The number of carbonyl (C=O) groups is 2. The van der Waals surface area contributed by atoms with Gasteiger partial charge in [0.2, 0.25) is 0 Å². The Kier molecular flexibility index (Phi) is 5.49. The average Bonchev–Trinajstić information content (AvgIpc) is 3.36. The van der Waals surface area contributed by atoms with Gasteiger partial charge in [0.25, 0.3) is 5.91 Å². The lowest BCUT2D eigenvalue weighted by Gasteiger charge is -2.36. The van der Waals surface area contributed by atoms with Crippen LogP contribution in [0.2, 0.25) is 5.02 Å². The van der Waals surface area contributed by atoms with E-state index in [1.807, 2.05) is 43.3 Å². The third-order valence-corrected chi connectivity index (χ3v) is 7.58. The van der Waals surface area contributed by atoms with Gasteiger partial charge in [-0.3, -0.25) is 14.6 Å². The molecule has 3 aromatic carbocycles. The summed E-state index contributed by atoms with van der Waals surface area (Å²) in [5.74, 6) is -0.0226. The van der Waals surface area contributed by atoms with Gasteiger partial charge in [0.15, 0.2) is 0 Å². The highest BCUT2D eigenvalue weighted by Gasteiger charge is 2.52. The van der Waals surface area contributed by atoms with Gasteiger partial charge in [-0.2, -0.15) is 0 Å². The fourth-order valence-electron chi connectivity index (χ4n) is 5.56. The number of benzene rings is 3. The number of nitrogens with one attached hydrogen (secondary N) is 1. The van der Waals surface area contributed by atoms with E-state index in [0.29, 0.717) is 18.0 Å². The number of phenols is 1. The van der Waals surface area contributed by atoms with Crippen molar-refractivity contribution in [3.63, 3.8) is 0 Å². The number of halogens is 1. The fourth-order valence-corrected chi connectivity index (χ4v) is 5.69. The maximum Gasteiger partial charge on any atom is 0.328 e. The maximum absolute atomic E-state index is 13.6. The van der Waals surface area contributed by atoms with Gasteiger partial charge in [0.1, 0.15) is 17.8 Å². The van der Waals surface area contributed by atoms with Crippen molar-refractivity contribution in [3.8, 4) is 16.9 Å². The van der Waals surface area contributed by atoms with E-state index in [1.165, 1.54) is 4.90 Å². The first-order chi connectivity index (χ1) is 17.5. The summed E-state index contributed by atoms with van der Waals surface area (Å²) in [6.07, 6.45) is 2.12. The normalized spacial score (nSPS) is 19.2. The molecule has 0 bridgehead atoms. The van der Waals surface area contributed by atoms with Crippen LogP contribution in [-0.2, 0) is 11.2 Å². The molecule has 2 atom stereocenters. The monoisotopic (exact) mass is 499 g/mol. The highest BCUT2D eigenvalue weighted by molar-refractivity contribution is 6.30. The first-order valence-electron chi connectivity index (χ1n) is 12.3. The zero-order valence-electron chi connectivity index (χ0n) is 19.9. The number of nitrogens with zero attached hydrogens (tertiary/aromatic N) is 2. The molecule has 6 nitrogen and oxygen atoms in total. The Morgan fingerprint density at radius 3 is 2.56 bits per heavy atom. The Hall–Kier alpha value is -3.77. The Bertz CT molecular complexity index is 1490. The second-order valence-electron chi connectivity index (χ2n) is 9.54. The lowest BCUT2D eigenvalue weighted by molar-refractivity contribution is -0.128. The first-order valence-corrected chi connectivity index (χ1v) is 12.7. The number of hydrogen-bond acceptors (Lipinski definition) is 3. The van der Waals surface area contributed by atoms with Crippen molar-refractivity contribution in [2.24, 2.45) is 0 Å². The number of carbonyl (C=O) groups excluding carboxylic acids is 2. The molecule has 0 aliphatic carbocycles. The van der Waals surface area contributed by atoms with Crippen LogP contribution >= 0.6 is 11.6 Å². The molecule has 2 aliphatic rings. The first kappa shape index (κ1) is 22.7. The molecule has 1 aromatic heterocycles. The summed E-state index contributed by atoms with van der Waals surface area (Å²) in [5, 5.41) is 12.0. The third-order valence-electron chi connectivity index (χ3n) is 7.33. The Morgan fingerprint density at radius 2 is 1.81 bits per heavy atom. The molecule has 4 aromatic rings. The van der Waals surface area contributed by atoms with Crippen molar-refractivity contribution in [1.82, 2.24) is 14.8 Å². The van der Waals surface area contributed by atoms with Crippen molar-refractivity contribution < 1.29 is 14.7 Å². The van der Waals surface area contributed by atoms with E-state index in [0.717, 1.165) is 51.7 Å². The molecule has 182 valence electrons. The predicted molar refractivity (Wildman–Crippen MR) is 140 cm³/mol. The lowest BCUT2D eigenvalue weighted by Crippen LogP contribution is -2.44. The number of rotatable bonds is 5. The molecule has 2 unspecified atom stereocenters.